The van der Waals surface area contributed by atoms with Gasteiger partial charge in [-0.1, -0.05) is 48.0 Å². The summed E-state index contributed by atoms with van der Waals surface area (Å²) >= 11 is 0. The van der Waals surface area contributed by atoms with Gasteiger partial charge in [0.05, 0.1) is 13.2 Å². The van der Waals surface area contributed by atoms with Crippen LogP contribution in [0.2, 0.25) is 0 Å². The van der Waals surface area contributed by atoms with Crippen LogP contribution in [0.5, 0.6) is 0 Å². The van der Waals surface area contributed by atoms with Gasteiger partial charge in [-0.05, 0) is 43.7 Å². The van der Waals surface area contributed by atoms with Crippen molar-refractivity contribution in [2.45, 2.75) is 13.3 Å². The summed E-state index contributed by atoms with van der Waals surface area (Å²) in [5.41, 5.74) is 2.73. The topological polar surface area (TPSA) is 70.7 Å². The van der Waals surface area contributed by atoms with E-state index >= 15 is 0 Å². The number of benzene rings is 2. The highest BCUT2D eigenvalue weighted by molar-refractivity contribution is 6.05. The first-order valence-electron chi connectivity index (χ1n) is 10.3. The van der Waals surface area contributed by atoms with Gasteiger partial charge in [0, 0.05) is 25.2 Å². The van der Waals surface area contributed by atoms with Crippen LogP contribution in [0, 0.1) is 6.92 Å². The molecule has 2 amide bonds. The molecule has 0 bridgehead atoms. The zero-order valence-electron chi connectivity index (χ0n) is 17.4. The van der Waals surface area contributed by atoms with Crippen molar-refractivity contribution in [2.75, 3.05) is 39.4 Å². The molecular weight excluding hydrogens is 378 g/mol. The van der Waals surface area contributed by atoms with E-state index < -0.39 is 0 Å². The molecule has 2 aromatic rings. The number of amides is 2. The number of rotatable bonds is 8. The van der Waals surface area contributed by atoms with Crippen molar-refractivity contribution in [2.24, 2.45) is 0 Å². The van der Waals surface area contributed by atoms with E-state index in [1.165, 1.54) is 0 Å². The molecule has 1 heterocycles. The zero-order chi connectivity index (χ0) is 21.2. The number of carbonyl (C=O) groups is 2. The Morgan fingerprint density at radius 1 is 1.03 bits per heavy atom. The second kappa shape index (κ2) is 11.3. The smallest absolute Gasteiger partial charge is 0.267 e. The SMILES string of the molecule is Cc1ccc(C=C(NC(=O)c2ccccc2)C(=O)NCCCN2CCOCC2)cc1. The fourth-order valence-corrected chi connectivity index (χ4v) is 3.20. The maximum absolute atomic E-state index is 12.8. The van der Waals surface area contributed by atoms with Crippen molar-refractivity contribution in [3.8, 4) is 0 Å². The highest BCUT2D eigenvalue weighted by atomic mass is 16.5. The number of ether oxygens (including phenoxy) is 1. The molecule has 0 radical (unpaired) electrons. The summed E-state index contributed by atoms with van der Waals surface area (Å²) in [4.78, 5) is 27.7. The number of hydrogen-bond acceptors (Lipinski definition) is 4. The molecule has 1 aliphatic rings. The minimum Gasteiger partial charge on any atom is -0.379 e. The molecule has 1 aliphatic heterocycles. The third-order valence-corrected chi connectivity index (χ3v) is 4.96. The fourth-order valence-electron chi connectivity index (χ4n) is 3.20. The largest absolute Gasteiger partial charge is 0.379 e. The average Bonchev–Trinajstić information content (AvgIpc) is 2.79. The molecule has 0 aliphatic carbocycles. The van der Waals surface area contributed by atoms with Gasteiger partial charge < -0.3 is 15.4 Å². The normalized spacial score (nSPS) is 14.9. The molecule has 1 fully saturated rings. The molecule has 6 heteroatoms. The Balaban J connectivity index is 1.62. The lowest BCUT2D eigenvalue weighted by Gasteiger charge is -2.26. The van der Waals surface area contributed by atoms with E-state index in [1.54, 1.807) is 30.3 Å². The Labute approximate surface area is 177 Å². The quantitative estimate of drug-likeness (QED) is 0.521. The van der Waals surface area contributed by atoms with Gasteiger partial charge in [-0.2, -0.15) is 0 Å². The van der Waals surface area contributed by atoms with Crippen LogP contribution in [-0.4, -0.2) is 56.1 Å². The highest BCUT2D eigenvalue weighted by Gasteiger charge is 2.15. The Morgan fingerprint density at radius 3 is 2.43 bits per heavy atom. The molecule has 0 atom stereocenters. The maximum atomic E-state index is 12.8. The van der Waals surface area contributed by atoms with Gasteiger partial charge in [-0.25, -0.2) is 0 Å². The van der Waals surface area contributed by atoms with Crippen LogP contribution in [0.4, 0.5) is 0 Å². The van der Waals surface area contributed by atoms with Crippen molar-refractivity contribution in [3.63, 3.8) is 0 Å². The Morgan fingerprint density at radius 2 is 1.73 bits per heavy atom. The fraction of sp³-hybridized carbons (Fsp3) is 0.333. The number of carbonyl (C=O) groups excluding carboxylic acids is 2. The van der Waals surface area contributed by atoms with Crippen LogP contribution in [0.3, 0.4) is 0 Å². The molecule has 30 heavy (non-hydrogen) atoms. The Kier molecular flexibility index (Phi) is 8.18. The average molecular weight is 408 g/mol. The van der Waals surface area contributed by atoms with E-state index in [2.05, 4.69) is 15.5 Å². The molecule has 2 N–H and O–H groups in total. The van der Waals surface area contributed by atoms with Crippen LogP contribution in [0.25, 0.3) is 6.08 Å². The van der Waals surface area contributed by atoms with Crippen molar-refractivity contribution in [3.05, 3.63) is 77.0 Å². The van der Waals surface area contributed by atoms with Crippen LogP contribution < -0.4 is 10.6 Å². The molecule has 0 unspecified atom stereocenters. The minimum absolute atomic E-state index is 0.235. The van der Waals surface area contributed by atoms with E-state index in [1.807, 2.05) is 37.3 Å². The van der Waals surface area contributed by atoms with E-state index in [4.69, 9.17) is 4.74 Å². The lowest BCUT2D eigenvalue weighted by molar-refractivity contribution is -0.117. The molecule has 3 rings (SSSR count). The second-order valence-corrected chi connectivity index (χ2v) is 7.35. The molecule has 1 saturated heterocycles. The Bertz CT molecular complexity index is 857. The standard InChI is InChI=1S/C24H29N3O3/c1-19-8-10-20(11-9-19)18-22(26-23(28)21-6-3-2-4-7-21)24(29)25-12-5-13-27-14-16-30-17-15-27/h2-4,6-11,18H,5,12-17H2,1H3,(H,25,29)(H,26,28). The second-order valence-electron chi connectivity index (χ2n) is 7.35. The molecule has 0 spiro atoms. The number of nitrogens with zero attached hydrogens (tertiary/aromatic N) is 1. The first-order valence-corrected chi connectivity index (χ1v) is 10.3. The van der Waals surface area contributed by atoms with E-state index in [9.17, 15) is 9.59 Å². The van der Waals surface area contributed by atoms with E-state index in [-0.39, 0.29) is 17.5 Å². The molecule has 0 saturated carbocycles. The van der Waals surface area contributed by atoms with Crippen molar-refractivity contribution in [1.29, 1.82) is 0 Å². The third kappa shape index (κ3) is 6.83. The summed E-state index contributed by atoms with van der Waals surface area (Å²) in [6, 6.07) is 16.7. The van der Waals surface area contributed by atoms with Gasteiger partial charge in [0.2, 0.25) is 0 Å². The summed E-state index contributed by atoms with van der Waals surface area (Å²) < 4.78 is 5.35. The zero-order valence-corrected chi connectivity index (χ0v) is 17.4. The number of hydrogen-bond donors (Lipinski definition) is 2. The van der Waals surface area contributed by atoms with Gasteiger partial charge in [-0.3, -0.25) is 14.5 Å². The van der Waals surface area contributed by atoms with Gasteiger partial charge >= 0.3 is 0 Å². The van der Waals surface area contributed by atoms with Crippen LogP contribution in [0.1, 0.15) is 27.9 Å². The highest BCUT2D eigenvalue weighted by Crippen LogP contribution is 2.09. The number of aryl methyl sites for hydroxylation is 1. The minimum atomic E-state index is -0.308. The number of nitrogens with one attached hydrogen (secondary N) is 2. The summed E-state index contributed by atoms with van der Waals surface area (Å²) in [7, 11) is 0. The van der Waals surface area contributed by atoms with Crippen molar-refractivity contribution >= 4 is 17.9 Å². The van der Waals surface area contributed by atoms with Gasteiger partial charge in [0.25, 0.3) is 11.8 Å². The van der Waals surface area contributed by atoms with Crippen molar-refractivity contribution < 1.29 is 14.3 Å². The van der Waals surface area contributed by atoms with Crippen LogP contribution >= 0.6 is 0 Å². The van der Waals surface area contributed by atoms with E-state index in [0.717, 1.165) is 50.4 Å². The van der Waals surface area contributed by atoms with E-state index in [0.29, 0.717) is 12.1 Å². The first kappa shape index (κ1) is 21.7. The maximum Gasteiger partial charge on any atom is 0.267 e. The molecule has 2 aromatic carbocycles. The van der Waals surface area contributed by atoms with Crippen molar-refractivity contribution in [1.82, 2.24) is 15.5 Å². The van der Waals surface area contributed by atoms with Crippen LogP contribution in [0.15, 0.2) is 60.3 Å². The summed E-state index contributed by atoms with van der Waals surface area (Å²) in [6.45, 7) is 6.86. The monoisotopic (exact) mass is 407 g/mol. The molecule has 6 nitrogen and oxygen atoms in total. The third-order valence-electron chi connectivity index (χ3n) is 4.96. The lowest BCUT2D eigenvalue weighted by Crippen LogP contribution is -2.39. The summed E-state index contributed by atoms with van der Waals surface area (Å²) in [5.74, 6) is -0.598. The molecular formula is C24H29N3O3. The number of morpholine rings is 1. The van der Waals surface area contributed by atoms with Crippen LogP contribution in [-0.2, 0) is 9.53 Å². The summed E-state index contributed by atoms with van der Waals surface area (Å²) in [6.07, 6.45) is 2.55. The predicted octanol–water partition coefficient (Wildman–Crippen LogP) is 2.60. The van der Waals surface area contributed by atoms with Gasteiger partial charge in [-0.15, -0.1) is 0 Å². The molecule has 0 aromatic heterocycles. The Hall–Kier alpha value is -2.96. The van der Waals surface area contributed by atoms with Gasteiger partial charge in [0.1, 0.15) is 5.70 Å². The molecule has 158 valence electrons. The lowest BCUT2D eigenvalue weighted by atomic mass is 10.1. The summed E-state index contributed by atoms with van der Waals surface area (Å²) in [5, 5.41) is 5.70. The van der Waals surface area contributed by atoms with Gasteiger partial charge in [0.15, 0.2) is 0 Å². The first-order chi connectivity index (χ1) is 14.6. The predicted molar refractivity (Wildman–Crippen MR) is 118 cm³/mol.